The number of nitrogens with zero attached hydrogens (tertiary/aromatic N) is 2. The summed E-state index contributed by atoms with van der Waals surface area (Å²) in [7, 11) is 1.19. The molecule has 29 heavy (non-hydrogen) atoms. The van der Waals surface area contributed by atoms with Gasteiger partial charge in [0.1, 0.15) is 11.5 Å². The van der Waals surface area contributed by atoms with Gasteiger partial charge in [0.05, 0.1) is 30.8 Å². The van der Waals surface area contributed by atoms with Gasteiger partial charge in [-0.1, -0.05) is 0 Å². The van der Waals surface area contributed by atoms with Crippen LogP contribution in [0.5, 0.6) is 5.75 Å². The number of benzene rings is 1. The van der Waals surface area contributed by atoms with Crippen LogP contribution >= 0.6 is 0 Å². The van der Waals surface area contributed by atoms with Gasteiger partial charge in [-0.15, -0.1) is 0 Å². The van der Waals surface area contributed by atoms with Gasteiger partial charge in [-0.05, 0) is 42.3 Å². The van der Waals surface area contributed by atoms with Gasteiger partial charge in [0.2, 0.25) is 0 Å². The van der Waals surface area contributed by atoms with Crippen molar-refractivity contribution in [2.75, 3.05) is 23.9 Å². The Balaban J connectivity index is 1.60. The molecule has 6 nitrogen and oxygen atoms in total. The maximum atomic E-state index is 13.3. The van der Waals surface area contributed by atoms with E-state index in [2.05, 4.69) is 10.3 Å². The Labute approximate surface area is 163 Å². The van der Waals surface area contributed by atoms with Gasteiger partial charge in [-0.2, -0.15) is 13.2 Å². The zero-order valence-corrected chi connectivity index (χ0v) is 15.3. The van der Waals surface area contributed by atoms with Crippen molar-refractivity contribution in [3.05, 3.63) is 60.1 Å². The number of hydrogen-bond donors (Lipinski definition) is 1. The fourth-order valence-corrected chi connectivity index (χ4v) is 3.29. The van der Waals surface area contributed by atoms with Crippen LogP contribution in [0.1, 0.15) is 11.1 Å². The fraction of sp³-hybridized carbons (Fsp3) is 0.200. The zero-order chi connectivity index (χ0) is 20.6. The lowest BCUT2D eigenvalue weighted by Crippen LogP contribution is -2.33. The van der Waals surface area contributed by atoms with E-state index in [9.17, 15) is 18.0 Å². The normalized spacial score (nSPS) is 13.3. The summed E-state index contributed by atoms with van der Waals surface area (Å²) in [5, 5.41) is 2.68. The molecule has 0 saturated heterocycles. The van der Waals surface area contributed by atoms with Gasteiger partial charge in [0.15, 0.2) is 0 Å². The summed E-state index contributed by atoms with van der Waals surface area (Å²) in [4.78, 5) is 18.1. The Morgan fingerprint density at radius 3 is 2.79 bits per heavy atom. The number of furan rings is 1. The monoisotopic (exact) mass is 403 g/mol. The number of carbonyl (C=O) groups is 1. The molecule has 0 fully saturated rings. The highest BCUT2D eigenvalue weighted by atomic mass is 19.4. The Morgan fingerprint density at radius 1 is 1.28 bits per heavy atom. The van der Waals surface area contributed by atoms with Crippen LogP contribution < -0.4 is 15.0 Å². The van der Waals surface area contributed by atoms with E-state index in [-0.39, 0.29) is 18.0 Å². The second-order valence-electron chi connectivity index (χ2n) is 6.45. The number of hydrogen-bond acceptors (Lipinski definition) is 4. The molecule has 0 saturated carbocycles. The van der Waals surface area contributed by atoms with Crippen LogP contribution in [0.15, 0.2) is 53.4 Å². The highest BCUT2D eigenvalue weighted by Gasteiger charge is 2.37. The SMILES string of the molecule is COc1cc2c(cc1C(F)(F)F)N(C(=O)Nc1cncc(-c3ccco3)c1)CC2. The first-order chi connectivity index (χ1) is 13.9. The average Bonchev–Trinajstić information content (AvgIpc) is 3.36. The van der Waals surface area contributed by atoms with Gasteiger partial charge < -0.3 is 14.5 Å². The number of ether oxygens (including phenoxy) is 1. The molecule has 0 aliphatic carbocycles. The molecule has 150 valence electrons. The van der Waals surface area contributed by atoms with Crippen LogP contribution in [0.4, 0.5) is 29.3 Å². The predicted octanol–water partition coefficient (Wildman–Crippen LogP) is 4.96. The molecule has 3 aromatic rings. The molecular weight excluding hydrogens is 387 g/mol. The first kappa shape index (κ1) is 18.9. The van der Waals surface area contributed by atoms with E-state index in [0.29, 0.717) is 29.0 Å². The van der Waals surface area contributed by atoms with Gasteiger partial charge in [0, 0.05) is 24.0 Å². The van der Waals surface area contributed by atoms with Crippen molar-refractivity contribution in [1.29, 1.82) is 0 Å². The van der Waals surface area contributed by atoms with Crippen LogP contribution in [-0.4, -0.2) is 24.7 Å². The maximum Gasteiger partial charge on any atom is 0.420 e. The lowest BCUT2D eigenvalue weighted by Gasteiger charge is -2.20. The molecule has 1 aromatic carbocycles. The van der Waals surface area contributed by atoms with E-state index in [1.807, 2.05) is 0 Å². The van der Waals surface area contributed by atoms with E-state index < -0.39 is 17.8 Å². The number of methoxy groups -OCH3 is 1. The Kier molecular flexibility index (Phi) is 4.65. The van der Waals surface area contributed by atoms with Crippen LogP contribution in [0.2, 0.25) is 0 Å². The standard InChI is InChI=1S/C20H16F3N3O3/c1-28-18-8-12-4-5-26(16(12)9-15(18)20(21,22)23)19(27)25-14-7-13(10-24-11-14)17-3-2-6-29-17/h2-3,6-11H,4-5H2,1H3,(H,25,27). The number of pyridine rings is 1. The molecule has 0 unspecified atom stereocenters. The maximum absolute atomic E-state index is 13.3. The number of halogens is 3. The van der Waals surface area contributed by atoms with E-state index in [1.54, 1.807) is 24.4 Å². The third-order valence-electron chi connectivity index (χ3n) is 4.64. The molecule has 2 amide bonds. The summed E-state index contributed by atoms with van der Waals surface area (Å²) in [5.41, 5.74) is 0.985. The molecular formula is C20H16F3N3O3. The molecule has 9 heteroatoms. The second kappa shape index (κ2) is 7.16. The molecule has 0 spiro atoms. The van der Waals surface area contributed by atoms with Crippen molar-refractivity contribution in [3.8, 4) is 17.1 Å². The van der Waals surface area contributed by atoms with Gasteiger partial charge in [-0.3, -0.25) is 9.88 Å². The number of fused-ring (bicyclic) bond motifs is 1. The molecule has 1 aliphatic heterocycles. The summed E-state index contributed by atoms with van der Waals surface area (Å²) in [6, 6.07) is 6.92. The number of urea groups is 1. The number of anilines is 2. The molecule has 2 aromatic heterocycles. The van der Waals surface area contributed by atoms with Gasteiger partial charge in [0.25, 0.3) is 0 Å². The quantitative estimate of drug-likeness (QED) is 0.671. The van der Waals surface area contributed by atoms with Crippen molar-refractivity contribution >= 4 is 17.4 Å². The zero-order valence-electron chi connectivity index (χ0n) is 15.3. The number of carbonyl (C=O) groups excluding carboxylic acids is 1. The summed E-state index contributed by atoms with van der Waals surface area (Å²) in [5.74, 6) is 0.330. The Morgan fingerprint density at radius 2 is 2.10 bits per heavy atom. The number of amides is 2. The summed E-state index contributed by atoms with van der Waals surface area (Å²) >= 11 is 0. The molecule has 0 radical (unpaired) electrons. The van der Waals surface area contributed by atoms with Crippen LogP contribution in [-0.2, 0) is 12.6 Å². The lowest BCUT2D eigenvalue weighted by atomic mass is 10.1. The third-order valence-corrected chi connectivity index (χ3v) is 4.64. The van der Waals surface area contributed by atoms with Crippen LogP contribution in [0, 0.1) is 0 Å². The smallest absolute Gasteiger partial charge is 0.420 e. The third kappa shape index (κ3) is 3.63. The Hall–Kier alpha value is -3.49. The first-order valence-corrected chi connectivity index (χ1v) is 8.72. The molecule has 0 bridgehead atoms. The highest BCUT2D eigenvalue weighted by Crippen LogP contribution is 2.42. The van der Waals surface area contributed by atoms with Crippen molar-refractivity contribution < 1.29 is 27.1 Å². The van der Waals surface area contributed by atoms with E-state index in [1.165, 1.54) is 30.5 Å². The van der Waals surface area contributed by atoms with Gasteiger partial charge >= 0.3 is 12.2 Å². The summed E-state index contributed by atoms with van der Waals surface area (Å²) in [6.45, 7) is 0.261. The van der Waals surface area contributed by atoms with E-state index in [4.69, 9.17) is 9.15 Å². The van der Waals surface area contributed by atoms with E-state index in [0.717, 1.165) is 6.07 Å². The molecule has 1 N–H and O–H groups in total. The van der Waals surface area contributed by atoms with Crippen molar-refractivity contribution in [2.45, 2.75) is 12.6 Å². The van der Waals surface area contributed by atoms with Crippen molar-refractivity contribution in [1.82, 2.24) is 4.98 Å². The Bertz CT molecular complexity index is 1050. The summed E-state index contributed by atoms with van der Waals surface area (Å²) < 4.78 is 50.2. The average molecular weight is 403 g/mol. The van der Waals surface area contributed by atoms with E-state index >= 15 is 0 Å². The first-order valence-electron chi connectivity index (χ1n) is 8.72. The number of rotatable bonds is 3. The molecule has 4 rings (SSSR count). The predicted molar refractivity (Wildman–Crippen MR) is 100 cm³/mol. The number of alkyl halides is 3. The van der Waals surface area contributed by atoms with Crippen molar-refractivity contribution in [2.24, 2.45) is 0 Å². The summed E-state index contributed by atoms with van der Waals surface area (Å²) in [6.07, 6.45) is 0.403. The minimum atomic E-state index is -4.59. The lowest BCUT2D eigenvalue weighted by molar-refractivity contribution is -0.138. The topological polar surface area (TPSA) is 67.6 Å². The highest BCUT2D eigenvalue weighted by molar-refractivity contribution is 6.03. The molecule has 0 atom stereocenters. The minimum absolute atomic E-state index is 0.214. The number of aromatic nitrogens is 1. The van der Waals surface area contributed by atoms with Crippen LogP contribution in [0.3, 0.4) is 0 Å². The van der Waals surface area contributed by atoms with Crippen LogP contribution in [0.25, 0.3) is 11.3 Å². The molecule has 3 heterocycles. The minimum Gasteiger partial charge on any atom is -0.496 e. The second-order valence-corrected chi connectivity index (χ2v) is 6.45. The fourth-order valence-electron chi connectivity index (χ4n) is 3.29. The number of nitrogens with one attached hydrogen (secondary N) is 1. The molecule has 1 aliphatic rings. The van der Waals surface area contributed by atoms with Gasteiger partial charge in [-0.25, -0.2) is 4.79 Å². The van der Waals surface area contributed by atoms with Crippen molar-refractivity contribution in [3.63, 3.8) is 0 Å². The largest absolute Gasteiger partial charge is 0.496 e.